The summed E-state index contributed by atoms with van der Waals surface area (Å²) in [5, 5.41) is -0.295. The summed E-state index contributed by atoms with van der Waals surface area (Å²) in [6, 6.07) is 0. The summed E-state index contributed by atoms with van der Waals surface area (Å²) in [4.78, 5) is 15.2. The van der Waals surface area contributed by atoms with Crippen molar-refractivity contribution in [1.29, 1.82) is 0 Å². The topological polar surface area (TPSA) is 38.7 Å². The Kier molecular flexibility index (Phi) is 7.09. The number of hydrogen-bond donors (Lipinski definition) is 0. The van der Waals surface area contributed by atoms with Crippen LogP contribution in [0, 0.1) is 0 Å². The Morgan fingerprint density at radius 2 is 2.27 bits per heavy atom. The van der Waals surface area contributed by atoms with E-state index in [0.29, 0.717) is 6.61 Å². The van der Waals surface area contributed by atoms with Gasteiger partial charge in [0.25, 0.3) is 0 Å². The lowest BCUT2D eigenvalue weighted by atomic mass is 10.2. The molecule has 15 heavy (non-hydrogen) atoms. The first-order valence-electron chi connectivity index (χ1n) is 4.39. The molecule has 0 saturated carbocycles. The third-order valence-corrected chi connectivity index (χ3v) is 1.92. The Balaban J connectivity index is 4.81. The van der Waals surface area contributed by atoms with Crippen molar-refractivity contribution < 1.29 is 9.53 Å². The number of allylic oxidation sites excluding steroid dienone is 1. The highest BCUT2D eigenvalue weighted by Gasteiger charge is 2.15. The molecule has 0 radical (unpaired) electrons. The number of nitrogens with zero attached hydrogens (tertiary/aromatic N) is 1. The molecule has 1 unspecified atom stereocenters. The fourth-order valence-electron chi connectivity index (χ4n) is 0.716. The van der Waals surface area contributed by atoms with Crippen LogP contribution in [0.4, 0.5) is 0 Å². The number of aliphatic imine (C=N–C) groups is 1. The molecule has 0 aromatic heterocycles. The second-order valence-corrected chi connectivity index (χ2v) is 3.62. The molecule has 0 bridgehead atoms. The van der Waals surface area contributed by atoms with E-state index in [-0.39, 0.29) is 10.7 Å². The van der Waals surface area contributed by atoms with Crippen LogP contribution < -0.4 is 0 Å². The molecule has 0 amide bonds. The van der Waals surface area contributed by atoms with Gasteiger partial charge in [0.2, 0.25) is 0 Å². The third-order valence-electron chi connectivity index (χ3n) is 1.44. The molecule has 1 atom stereocenters. The Hall–Kier alpha value is -0.800. The smallest absolute Gasteiger partial charge is 0.337 e. The number of halogens is 2. The highest BCUT2D eigenvalue weighted by molar-refractivity contribution is 6.68. The number of hydrogen-bond acceptors (Lipinski definition) is 3. The first-order chi connectivity index (χ1) is 7.02. The number of esters is 1. The predicted molar refractivity (Wildman–Crippen MR) is 63.5 cm³/mol. The standard InChI is InChI=1S/C10H13Cl2NO2/c1-4-9(12)13-6-8(7(3)11)10(14)15-5-2/h4,6-7H,1,5H2,2-3H3/b8-6+,13-9?. The third kappa shape index (κ3) is 5.60. The Morgan fingerprint density at radius 3 is 2.67 bits per heavy atom. The van der Waals surface area contributed by atoms with Gasteiger partial charge in [0.05, 0.1) is 17.6 Å². The molecule has 0 fully saturated rings. The van der Waals surface area contributed by atoms with Gasteiger partial charge in [-0.25, -0.2) is 9.79 Å². The van der Waals surface area contributed by atoms with Gasteiger partial charge < -0.3 is 4.74 Å². The monoisotopic (exact) mass is 249 g/mol. The molecule has 5 heteroatoms. The van der Waals surface area contributed by atoms with Crippen LogP contribution in [0.5, 0.6) is 0 Å². The Bertz CT molecular complexity index is 296. The molecule has 0 aromatic rings. The van der Waals surface area contributed by atoms with Gasteiger partial charge in [0, 0.05) is 6.20 Å². The highest BCUT2D eigenvalue weighted by Crippen LogP contribution is 2.11. The molecule has 0 saturated heterocycles. The van der Waals surface area contributed by atoms with E-state index >= 15 is 0 Å². The minimum atomic E-state index is -0.489. The average molecular weight is 250 g/mol. The van der Waals surface area contributed by atoms with E-state index in [1.54, 1.807) is 13.8 Å². The van der Waals surface area contributed by atoms with Crippen LogP contribution in [0.2, 0.25) is 0 Å². The van der Waals surface area contributed by atoms with Crippen molar-refractivity contribution in [2.24, 2.45) is 4.99 Å². The van der Waals surface area contributed by atoms with Crippen LogP contribution in [-0.2, 0) is 9.53 Å². The fraction of sp³-hybridized carbons (Fsp3) is 0.400. The van der Waals surface area contributed by atoms with Crippen molar-refractivity contribution in [3.8, 4) is 0 Å². The van der Waals surface area contributed by atoms with Gasteiger partial charge in [-0.1, -0.05) is 18.2 Å². The van der Waals surface area contributed by atoms with Crippen molar-refractivity contribution in [1.82, 2.24) is 0 Å². The van der Waals surface area contributed by atoms with E-state index in [0.717, 1.165) is 0 Å². The zero-order chi connectivity index (χ0) is 11.8. The van der Waals surface area contributed by atoms with Crippen molar-refractivity contribution >= 4 is 34.3 Å². The molecule has 0 aliphatic carbocycles. The van der Waals surface area contributed by atoms with Crippen LogP contribution >= 0.6 is 23.2 Å². The maximum absolute atomic E-state index is 11.4. The maximum Gasteiger partial charge on any atom is 0.337 e. The van der Waals surface area contributed by atoms with Crippen LogP contribution in [0.1, 0.15) is 13.8 Å². The molecule has 0 aliphatic rings. The van der Waals surface area contributed by atoms with E-state index in [4.69, 9.17) is 27.9 Å². The quantitative estimate of drug-likeness (QED) is 0.325. The molecular formula is C10H13Cl2NO2. The number of carbonyl (C=O) groups excluding carboxylic acids is 1. The highest BCUT2D eigenvalue weighted by atomic mass is 35.5. The normalized spacial score (nSPS) is 14.7. The number of carbonyl (C=O) groups is 1. The lowest BCUT2D eigenvalue weighted by Crippen LogP contribution is -2.13. The van der Waals surface area contributed by atoms with Crippen molar-refractivity contribution in [3.63, 3.8) is 0 Å². The summed E-state index contributed by atoms with van der Waals surface area (Å²) in [5.74, 6) is -0.489. The number of rotatable bonds is 5. The summed E-state index contributed by atoms with van der Waals surface area (Å²) in [7, 11) is 0. The molecule has 3 nitrogen and oxygen atoms in total. The number of ether oxygens (including phenoxy) is 1. The first kappa shape index (κ1) is 14.2. The van der Waals surface area contributed by atoms with Gasteiger partial charge in [-0.15, -0.1) is 11.6 Å². The Labute approximate surface area is 99.4 Å². The summed E-state index contributed by atoms with van der Waals surface area (Å²) < 4.78 is 4.80. The second-order valence-electron chi connectivity index (χ2n) is 2.58. The maximum atomic E-state index is 11.4. The number of alkyl halides is 1. The predicted octanol–water partition coefficient (Wildman–Crippen LogP) is 2.88. The molecular weight excluding hydrogens is 237 g/mol. The summed E-state index contributed by atoms with van der Waals surface area (Å²) in [6.07, 6.45) is 2.65. The van der Waals surface area contributed by atoms with Crippen LogP contribution in [0.15, 0.2) is 29.4 Å². The second kappa shape index (κ2) is 7.49. The van der Waals surface area contributed by atoms with E-state index in [1.807, 2.05) is 0 Å². The van der Waals surface area contributed by atoms with Gasteiger partial charge >= 0.3 is 5.97 Å². The molecule has 84 valence electrons. The fourth-order valence-corrected chi connectivity index (χ4v) is 0.910. The molecule has 0 aromatic carbocycles. The van der Waals surface area contributed by atoms with Gasteiger partial charge in [-0.05, 0) is 19.9 Å². The minimum absolute atomic E-state index is 0.189. The zero-order valence-electron chi connectivity index (χ0n) is 8.67. The van der Waals surface area contributed by atoms with Gasteiger partial charge in [0.1, 0.15) is 5.17 Å². The SMILES string of the molecule is C=CC(Cl)=N/C=C(/C(=O)OCC)C(C)Cl. The lowest BCUT2D eigenvalue weighted by molar-refractivity contribution is -0.138. The average Bonchev–Trinajstić information content (AvgIpc) is 2.17. The summed E-state index contributed by atoms with van der Waals surface area (Å²) in [5.41, 5.74) is 0.263. The van der Waals surface area contributed by atoms with Gasteiger partial charge in [-0.2, -0.15) is 0 Å². The van der Waals surface area contributed by atoms with Gasteiger partial charge in [0.15, 0.2) is 0 Å². The molecule has 0 heterocycles. The van der Waals surface area contributed by atoms with E-state index in [2.05, 4.69) is 11.6 Å². The largest absolute Gasteiger partial charge is 0.463 e. The minimum Gasteiger partial charge on any atom is -0.463 e. The first-order valence-corrected chi connectivity index (χ1v) is 5.21. The van der Waals surface area contributed by atoms with E-state index in [9.17, 15) is 4.79 Å². The molecule has 0 N–H and O–H groups in total. The molecule has 0 aliphatic heterocycles. The summed E-state index contributed by atoms with van der Waals surface area (Å²) >= 11 is 11.4. The van der Waals surface area contributed by atoms with Gasteiger partial charge in [-0.3, -0.25) is 0 Å². The van der Waals surface area contributed by atoms with Crippen LogP contribution in [-0.4, -0.2) is 23.1 Å². The van der Waals surface area contributed by atoms with Crippen molar-refractivity contribution in [2.75, 3.05) is 6.61 Å². The lowest BCUT2D eigenvalue weighted by Gasteiger charge is -2.06. The van der Waals surface area contributed by atoms with Crippen molar-refractivity contribution in [2.45, 2.75) is 19.2 Å². The van der Waals surface area contributed by atoms with E-state index in [1.165, 1.54) is 12.3 Å². The van der Waals surface area contributed by atoms with E-state index < -0.39 is 11.3 Å². The van der Waals surface area contributed by atoms with Crippen LogP contribution in [0.25, 0.3) is 0 Å². The summed E-state index contributed by atoms with van der Waals surface area (Å²) in [6.45, 7) is 7.08. The zero-order valence-corrected chi connectivity index (χ0v) is 10.2. The molecule has 0 rings (SSSR count). The Morgan fingerprint density at radius 1 is 1.67 bits per heavy atom. The van der Waals surface area contributed by atoms with Crippen LogP contribution in [0.3, 0.4) is 0 Å². The van der Waals surface area contributed by atoms with Crippen molar-refractivity contribution in [3.05, 3.63) is 24.4 Å². The molecule has 0 spiro atoms.